The maximum absolute atomic E-state index is 10.9. The molecule has 3 atom stereocenters. The fourth-order valence-electron chi connectivity index (χ4n) is 3.91. The number of allylic oxidation sites excluding steroid dienone is 1. The first-order chi connectivity index (χ1) is 14.1. The van der Waals surface area contributed by atoms with Gasteiger partial charge in [0.2, 0.25) is 0 Å². The van der Waals surface area contributed by atoms with Crippen LogP contribution in [0.4, 0.5) is 0 Å². The van der Waals surface area contributed by atoms with Gasteiger partial charge in [-0.25, -0.2) is 0 Å². The first-order valence-electron chi connectivity index (χ1n) is 11.0. The average molecular weight is 427 g/mol. The first kappa shape index (κ1) is 26.8. The molecule has 0 aromatic heterocycles. The molecule has 30 heavy (non-hydrogen) atoms. The van der Waals surface area contributed by atoms with Crippen LogP contribution in [0.25, 0.3) is 0 Å². The standard InChI is InChI=1S/C24H42O6/c1-18(2)12-15-24(27-6,28-7)19(3)9-8-14-23(5)22(26)11-10-21(17-30-23)13-16-29-20(4)25/h12-13,19,22,26H,8-11,14-17H2,1-7H3/t19?,22-,23+/m1/s1. The van der Waals surface area contributed by atoms with Crippen molar-refractivity contribution in [1.82, 2.24) is 0 Å². The summed E-state index contributed by atoms with van der Waals surface area (Å²) >= 11 is 0. The van der Waals surface area contributed by atoms with Crippen molar-refractivity contribution < 1.29 is 28.8 Å². The molecule has 0 amide bonds. The van der Waals surface area contributed by atoms with E-state index >= 15 is 0 Å². The Labute approximate surface area is 182 Å². The van der Waals surface area contributed by atoms with Crippen molar-refractivity contribution in [1.29, 1.82) is 0 Å². The van der Waals surface area contributed by atoms with E-state index in [1.54, 1.807) is 14.2 Å². The monoisotopic (exact) mass is 426 g/mol. The Morgan fingerprint density at radius 2 is 2.00 bits per heavy atom. The highest BCUT2D eigenvalue weighted by Crippen LogP contribution is 2.35. The number of aliphatic hydroxyl groups is 1. The maximum atomic E-state index is 10.9. The molecule has 174 valence electrons. The maximum Gasteiger partial charge on any atom is 0.302 e. The number of rotatable bonds is 11. The number of aliphatic hydroxyl groups excluding tert-OH is 1. The van der Waals surface area contributed by atoms with Crippen molar-refractivity contribution in [2.24, 2.45) is 5.92 Å². The number of esters is 1. The van der Waals surface area contributed by atoms with E-state index in [9.17, 15) is 9.90 Å². The van der Waals surface area contributed by atoms with Gasteiger partial charge >= 0.3 is 5.97 Å². The molecular formula is C24H42O6. The Morgan fingerprint density at radius 1 is 1.33 bits per heavy atom. The van der Waals surface area contributed by atoms with Crippen LogP contribution in [0.1, 0.15) is 73.1 Å². The Morgan fingerprint density at radius 3 is 2.57 bits per heavy atom. The van der Waals surface area contributed by atoms with E-state index in [1.807, 2.05) is 13.0 Å². The molecule has 0 saturated carbocycles. The zero-order chi connectivity index (χ0) is 22.8. The first-order valence-corrected chi connectivity index (χ1v) is 11.0. The molecule has 0 aromatic carbocycles. The van der Waals surface area contributed by atoms with Gasteiger partial charge in [0.05, 0.1) is 18.3 Å². The third-order valence-corrected chi connectivity index (χ3v) is 6.24. The van der Waals surface area contributed by atoms with E-state index in [0.29, 0.717) is 19.4 Å². The minimum Gasteiger partial charge on any atom is -0.462 e. The lowest BCUT2D eigenvalue weighted by Crippen LogP contribution is -2.42. The van der Waals surface area contributed by atoms with E-state index in [2.05, 4.69) is 26.8 Å². The number of hydrogen-bond donors (Lipinski definition) is 1. The number of carbonyl (C=O) groups is 1. The molecule has 1 heterocycles. The summed E-state index contributed by atoms with van der Waals surface area (Å²) in [5.74, 6) is -0.754. The van der Waals surface area contributed by atoms with Crippen LogP contribution >= 0.6 is 0 Å². The molecule has 1 unspecified atom stereocenters. The summed E-state index contributed by atoms with van der Waals surface area (Å²) in [5.41, 5.74) is 1.70. The van der Waals surface area contributed by atoms with E-state index < -0.39 is 17.5 Å². The summed E-state index contributed by atoms with van der Waals surface area (Å²) in [5, 5.41) is 10.7. The van der Waals surface area contributed by atoms with Crippen LogP contribution in [0.2, 0.25) is 0 Å². The molecule has 1 saturated heterocycles. The lowest BCUT2D eigenvalue weighted by molar-refractivity contribution is -0.236. The Bertz CT molecular complexity index is 589. The largest absolute Gasteiger partial charge is 0.462 e. The number of hydrogen-bond acceptors (Lipinski definition) is 6. The predicted octanol–water partition coefficient (Wildman–Crippen LogP) is 4.56. The normalized spacial score (nSPS) is 24.9. The van der Waals surface area contributed by atoms with Crippen LogP contribution in [-0.4, -0.2) is 56.0 Å². The minimum atomic E-state index is -0.645. The molecule has 1 N–H and O–H groups in total. The van der Waals surface area contributed by atoms with Gasteiger partial charge < -0.3 is 24.1 Å². The molecule has 0 aromatic rings. The number of methoxy groups -OCH3 is 2. The van der Waals surface area contributed by atoms with Crippen LogP contribution in [0.5, 0.6) is 0 Å². The van der Waals surface area contributed by atoms with Crippen LogP contribution < -0.4 is 0 Å². The minimum absolute atomic E-state index is 0.189. The van der Waals surface area contributed by atoms with E-state index in [1.165, 1.54) is 12.5 Å². The second kappa shape index (κ2) is 12.6. The fraction of sp³-hybridized carbons (Fsp3) is 0.792. The molecule has 1 aliphatic rings. The quantitative estimate of drug-likeness (QED) is 0.297. The zero-order valence-electron chi connectivity index (χ0n) is 20.0. The van der Waals surface area contributed by atoms with Crippen LogP contribution in [-0.2, 0) is 23.7 Å². The van der Waals surface area contributed by atoms with E-state index in [0.717, 1.165) is 31.3 Å². The van der Waals surface area contributed by atoms with Crippen LogP contribution in [0.15, 0.2) is 23.3 Å². The highest BCUT2D eigenvalue weighted by atomic mass is 16.7. The van der Waals surface area contributed by atoms with Gasteiger partial charge in [0.1, 0.15) is 6.61 Å². The predicted molar refractivity (Wildman–Crippen MR) is 118 cm³/mol. The van der Waals surface area contributed by atoms with Gasteiger partial charge in [0, 0.05) is 33.5 Å². The Hall–Kier alpha value is -1.21. The summed E-state index contributed by atoms with van der Waals surface area (Å²) in [6.45, 7) is 10.4. The van der Waals surface area contributed by atoms with E-state index in [4.69, 9.17) is 18.9 Å². The van der Waals surface area contributed by atoms with Gasteiger partial charge in [-0.05, 0) is 58.1 Å². The van der Waals surface area contributed by atoms with Crippen molar-refractivity contribution >= 4 is 5.97 Å². The smallest absolute Gasteiger partial charge is 0.302 e. The van der Waals surface area contributed by atoms with Gasteiger partial charge in [-0.15, -0.1) is 0 Å². The lowest BCUT2D eigenvalue weighted by atomic mass is 9.85. The fourth-order valence-corrected chi connectivity index (χ4v) is 3.91. The lowest BCUT2D eigenvalue weighted by Gasteiger charge is -2.37. The summed E-state index contributed by atoms with van der Waals surface area (Å²) in [7, 11) is 3.39. The topological polar surface area (TPSA) is 74.2 Å². The molecule has 1 fully saturated rings. The SMILES string of the molecule is COC(CC=C(C)C)(OC)C(C)CCC[C@]1(C)OCC(=CCOC(C)=O)CC[C@H]1O. The molecule has 1 aliphatic heterocycles. The molecule has 0 radical (unpaired) electrons. The van der Waals surface area contributed by atoms with Gasteiger partial charge in [-0.3, -0.25) is 4.79 Å². The molecule has 0 aliphatic carbocycles. The molecular weight excluding hydrogens is 384 g/mol. The van der Waals surface area contributed by atoms with Gasteiger partial charge in [-0.1, -0.05) is 25.0 Å². The Balaban J connectivity index is 2.66. The molecule has 6 nitrogen and oxygen atoms in total. The summed E-state index contributed by atoms with van der Waals surface area (Å²) in [4.78, 5) is 10.9. The second-order valence-electron chi connectivity index (χ2n) is 8.82. The Kier molecular flexibility index (Phi) is 11.3. The van der Waals surface area contributed by atoms with Crippen molar-refractivity contribution in [3.8, 4) is 0 Å². The molecule has 0 spiro atoms. The zero-order valence-corrected chi connectivity index (χ0v) is 20.0. The third-order valence-electron chi connectivity index (χ3n) is 6.24. The molecule has 6 heteroatoms. The highest BCUT2D eigenvalue weighted by Gasteiger charge is 2.38. The number of ether oxygens (including phenoxy) is 4. The van der Waals surface area contributed by atoms with Crippen LogP contribution in [0.3, 0.4) is 0 Å². The summed E-state index contributed by atoms with van der Waals surface area (Å²) in [6, 6.07) is 0. The highest BCUT2D eigenvalue weighted by molar-refractivity contribution is 5.66. The second-order valence-corrected chi connectivity index (χ2v) is 8.82. The summed E-state index contributed by atoms with van der Waals surface area (Å²) < 4.78 is 22.7. The van der Waals surface area contributed by atoms with Gasteiger partial charge in [0.25, 0.3) is 0 Å². The third kappa shape index (κ3) is 8.14. The van der Waals surface area contributed by atoms with Crippen molar-refractivity contribution in [2.45, 2.75) is 90.6 Å². The van der Waals surface area contributed by atoms with E-state index in [-0.39, 0.29) is 18.5 Å². The van der Waals surface area contributed by atoms with Gasteiger partial charge in [-0.2, -0.15) is 0 Å². The molecule has 1 rings (SSSR count). The summed E-state index contributed by atoms with van der Waals surface area (Å²) in [6.07, 6.45) is 8.13. The van der Waals surface area contributed by atoms with Crippen molar-refractivity contribution in [3.63, 3.8) is 0 Å². The number of carbonyl (C=O) groups excluding carboxylic acids is 1. The van der Waals surface area contributed by atoms with Crippen molar-refractivity contribution in [2.75, 3.05) is 27.4 Å². The van der Waals surface area contributed by atoms with Crippen LogP contribution in [0, 0.1) is 5.92 Å². The molecule has 0 bridgehead atoms. The van der Waals surface area contributed by atoms with Crippen molar-refractivity contribution in [3.05, 3.63) is 23.3 Å². The average Bonchev–Trinajstić information content (AvgIpc) is 2.82. The van der Waals surface area contributed by atoms with Gasteiger partial charge in [0.15, 0.2) is 5.79 Å².